The van der Waals surface area contributed by atoms with Gasteiger partial charge in [-0.05, 0) is 44.4 Å². The van der Waals surface area contributed by atoms with Gasteiger partial charge in [0.2, 0.25) is 5.91 Å². The zero-order chi connectivity index (χ0) is 12.4. The van der Waals surface area contributed by atoms with Gasteiger partial charge in [-0.25, -0.2) is 0 Å². The van der Waals surface area contributed by atoms with E-state index in [-0.39, 0.29) is 24.4 Å². The summed E-state index contributed by atoms with van der Waals surface area (Å²) in [5, 5.41) is 6.79. The van der Waals surface area contributed by atoms with Gasteiger partial charge in [0.25, 0.3) is 0 Å². The number of benzene rings is 1. The highest BCUT2D eigenvalue weighted by Gasteiger charge is 2.25. The summed E-state index contributed by atoms with van der Waals surface area (Å²) in [4.78, 5) is 11.9. The Morgan fingerprint density at radius 2 is 2.11 bits per heavy atom. The molecule has 0 aliphatic heterocycles. The predicted molar refractivity (Wildman–Crippen MR) is 77.7 cm³/mol. The SMILES string of the molecule is Cc1ccc(Cl)cc1NC(=O)C(C)NC1CC1.Cl. The fraction of sp³-hybridized carbons (Fsp3) is 0.462. The second kappa shape index (κ2) is 6.41. The van der Waals surface area contributed by atoms with Gasteiger partial charge in [-0.15, -0.1) is 12.4 Å². The highest BCUT2D eigenvalue weighted by molar-refractivity contribution is 6.31. The van der Waals surface area contributed by atoms with Crippen molar-refractivity contribution in [3.05, 3.63) is 28.8 Å². The summed E-state index contributed by atoms with van der Waals surface area (Å²) >= 11 is 5.91. The Balaban J connectivity index is 0.00000162. The molecule has 1 aliphatic rings. The molecule has 1 aliphatic carbocycles. The third kappa shape index (κ3) is 4.16. The van der Waals surface area contributed by atoms with E-state index in [1.165, 1.54) is 12.8 Å². The van der Waals surface area contributed by atoms with Crippen molar-refractivity contribution in [1.82, 2.24) is 5.32 Å². The van der Waals surface area contributed by atoms with Crippen LogP contribution in [0.4, 0.5) is 5.69 Å². The minimum atomic E-state index is -0.166. The van der Waals surface area contributed by atoms with Crippen LogP contribution >= 0.6 is 24.0 Å². The average Bonchev–Trinajstić information content (AvgIpc) is 3.07. The van der Waals surface area contributed by atoms with Crippen LogP contribution in [0.2, 0.25) is 5.02 Å². The first-order valence-electron chi connectivity index (χ1n) is 5.89. The number of amides is 1. The second-order valence-corrected chi connectivity index (χ2v) is 5.05. The Kier molecular flexibility index (Phi) is 5.45. The summed E-state index contributed by atoms with van der Waals surface area (Å²) in [5.74, 6) is -0.0118. The summed E-state index contributed by atoms with van der Waals surface area (Å²) in [6, 6.07) is 5.85. The lowest BCUT2D eigenvalue weighted by molar-refractivity contribution is -0.117. The molecular weight excluding hydrogens is 271 g/mol. The minimum absolute atomic E-state index is 0. The first-order chi connectivity index (χ1) is 8.06. The zero-order valence-corrected chi connectivity index (χ0v) is 12.1. The van der Waals surface area contributed by atoms with Crippen molar-refractivity contribution in [3.63, 3.8) is 0 Å². The maximum atomic E-state index is 11.9. The molecule has 100 valence electrons. The highest BCUT2D eigenvalue weighted by Crippen LogP contribution is 2.21. The van der Waals surface area contributed by atoms with Crippen molar-refractivity contribution in [2.45, 2.75) is 38.8 Å². The fourth-order valence-corrected chi connectivity index (χ4v) is 1.82. The van der Waals surface area contributed by atoms with Gasteiger partial charge in [0.15, 0.2) is 0 Å². The number of carbonyl (C=O) groups is 1. The Bertz CT molecular complexity index is 433. The Hall–Kier alpha value is -0.770. The molecule has 0 spiro atoms. The Morgan fingerprint density at radius 1 is 1.44 bits per heavy atom. The van der Waals surface area contributed by atoms with Crippen molar-refractivity contribution in [2.24, 2.45) is 0 Å². The molecule has 5 heteroatoms. The first-order valence-corrected chi connectivity index (χ1v) is 6.27. The number of hydrogen-bond donors (Lipinski definition) is 2. The van der Waals surface area contributed by atoms with Gasteiger partial charge >= 0.3 is 0 Å². The van der Waals surface area contributed by atoms with Crippen LogP contribution < -0.4 is 10.6 Å². The monoisotopic (exact) mass is 288 g/mol. The first kappa shape index (κ1) is 15.3. The molecular formula is C13H18Cl2N2O. The summed E-state index contributed by atoms with van der Waals surface area (Å²) in [5.41, 5.74) is 1.80. The second-order valence-electron chi connectivity index (χ2n) is 4.61. The molecule has 0 radical (unpaired) electrons. The summed E-state index contributed by atoms with van der Waals surface area (Å²) in [7, 11) is 0. The van der Waals surface area contributed by atoms with Crippen LogP contribution in [-0.4, -0.2) is 18.0 Å². The topological polar surface area (TPSA) is 41.1 Å². The maximum absolute atomic E-state index is 11.9. The number of carbonyl (C=O) groups excluding carboxylic acids is 1. The maximum Gasteiger partial charge on any atom is 0.241 e. The highest BCUT2D eigenvalue weighted by atomic mass is 35.5. The van der Waals surface area contributed by atoms with E-state index in [4.69, 9.17) is 11.6 Å². The number of nitrogens with one attached hydrogen (secondary N) is 2. The molecule has 1 atom stereocenters. The minimum Gasteiger partial charge on any atom is -0.324 e. The molecule has 1 amide bonds. The number of hydrogen-bond acceptors (Lipinski definition) is 2. The zero-order valence-electron chi connectivity index (χ0n) is 10.5. The lowest BCUT2D eigenvalue weighted by atomic mass is 10.2. The quantitative estimate of drug-likeness (QED) is 0.894. The van der Waals surface area contributed by atoms with Crippen molar-refractivity contribution in [1.29, 1.82) is 0 Å². The summed E-state index contributed by atoms with van der Waals surface area (Å²) in [6.07, 6.45) is 2.35. The van der Waals surface area contributed by atoms with E-state index in [9.17, 15) is 4.79 Å². The van der Waals surface area contributed by atoms with E-state index in [0.717, 1.165) is 11.3 Å². The van der Waals surface area contributed by atoms with Crippen LogP contribution in [0, 0.1) is 6.92 Å². The van der Waals surface area contributed by atoms with E-state index in [0.29, 0.717) is 11.1 Å². The van der Waals surface area contributed by atoms with Gasteiger partial charge in [0.05, 0.1) is 6.04 Å². The molecule has 0 heterocycles. The van der Waals surface area contributed by atoms with E-state index >= 15 is 0 Å². The molecule has 1 fully saturated rings. The molecule has 2 rings (SSSR count). The molecule has 1 unspecified atom stereocenters. The van der Waals surface area contributed by atoms with E-state index in [1.54, 1.807) is 6.07 Å². The Labute approximate surface area is 119 Å². The van der Waals surface area contributed by atoms with Crippen molar-refractivity contribution < 1.29 is 4.79 Å². The van der Waals surface area contributed by atoms with Crippen LogP contribution in [0.3, 0.4) is 0 Å². The van der Waals surface area contributed by atoms with Gasteiger partial charge in [-0.1, -0.05) is 17.7 Å². The molecule has 3 nitrogen and oxygen atoms in total. The standard InChI is InChI=1S/C13H17ClN2O.ClH/c1-8-3-4-10(14)7-12(8)16-13(17)9(2)15-11-5-6-11;/h3-4,7,9,11,15H,5-6H2,1-2H3,(H,16,17);1H. The normalized spacial score (nSPS) is 15.7. The third-order valence-corrected chi connectivity index (χ3v) is 3.15. The number of anilines is 1. The van der Waals surface area contributed by atoms with Gasteiger partial charge in [0.1, 0.15) is 0 Å². The smallest absolute Gasteiger partial charge is 0.241 e. The van der Waals surface area contributed by atoms with Crippen LogP contribution in [0.25, 0.3) is 0 Å². The molecule has 2 N–H and O–H groups in total. The molecule has 1 aromatic rings. The van der Waals surface area contributed by atoms with Gasteiger partial charge in [-0.2, -0.15) is 0 Å². The largest absolute Gasteiger partial charge is 0.324 e. The van der Waals surface area contributed by atoms with Gasteiger partial charge < -0.3 is 10.6 Å². The Morgan fingerprint density at radius 3 is 2.72 bits per heavy atom. The molecule has 1 aromatic carbocycles. The third-order valence-electron chi connectivity index (χ3n) is 2.91. The lowest BCUT2D eigenvalue weighted by Crippen LogP contribution is -2.39. The molecule has 1 saturated carbocycles. The van der Waals surface area contributed by atoms with Crippen LogP contribution in [0.15, 0.2) is 18.2 Å². The number of rotatable bonds is 4. The van der Waals surface area contributed by atoms with Gasteiger partial charge in [0, 0.05) is 16.8 Å². The summed E-state index contributed by atoms with van der Waals surface area (Å²) in [6.45, 7) is 3.83. The summed E-state index contributed by atoms with van der Waals surface area (Å²) < 4.78 is 0. The molecule has 0 aromatic heterocycles. The van der Waals surface area contributed by atoms with E-state index < -0.39 is 0 Å². The molecule has 0 saturated heterocycles. The van der Waals surface area contributed by atoms with Gasteiger partial charge in [-0.3, -0.25) is 4.79 Å². The van der Waals surface area contributed by atoms with E-state index in [1.807, 2.05) is 26.0 Å². The van der Waals surface area contributed by atoms with Crippen molar-refractivity contribution in [2.75, 3.05) is 5.32 Å². The number of halogens is 2. The van der Waals surface area contributed by atoms with E-state index in [2.05, 4.69) is 10.6 Å². The number of aryl methyl sites for hydroxylation is 1. The molecule has 0 bridgehead atoms. The van der Waals surface area contributed by atoms with Crippen LogP contribution in [-0.2, 0) is 4.79 Å². The van der Waals surface area contributed by atoms with Crippen LogP contribution in [0.1, 0.15) is 25.3 Å². The lowest BCUT2D eigenvalue weighted by Gasteiger charge is -2.15. The molecule has 18 heavy (non-hydrogen) atoms. The van der Waals surface area contributed by atoms with Crippen LogP contribution in [0.5, 0.6) is 0 Å². The van der Waals surface area contributed by atoms with Crippen molar-refractivity contribution in [3.8, 4) is 0 Å². The van der Waals surface area contributed by atoms with Crippen molar-refractivity contribution >= 4 is 35.6 Å². The predicted octanol–water partition coefficient (Wildman–Crippen LogP) is 3.15. The fourth-order valence-electron chi connectivity index (χ4n) is 1.65. The average molecular weight is 289 g/mol.